The first-order valence-corrected chi connectivity index (χ1v) is 8.54. The molecule has 118 valence electrons. The molecule has 4 heteroatoms. The Hall–Kier alpha value is -1.71. The number of carbonyl (C=O) groups excluding carboxylic acids is 1. The van der Waals surface area contributed by atoms with Crippen LogP contribution in [0.1, 0.15) is 48.8 Å². The van der Waals surface area contributed by atoms with E-state index in [1.165, 1.54) is 30.4 Å². The van der Waals surface area contributed by atoms with Gasteiger partial charge in [0.05, 0.1) is 19.6 Å². The number of rotatable bonds is 3. The second kappa shape index (κ2) is 5.82. The van der Waals surface area contributed by atoms with E-state index in [0.717, 1.165) is 56.0 Å². The molecule has 1 N–H and O–H groups in total. The van der Waals surface area contributed by atoms with Crippen LogP contribution < -0.4 is 14.8 Å². The van der Waals surface area contributed by atoms with E-state index in [4.69, 9.17) is 9.47 Å². The summed E-state index contributed by atoms with van der Waals surface area (Å²) in [6, 6.07) is 2.47. The lowest BCUT2D eigenvalue weighted by Gasteiger charge is -2.23. The van der Waals surface area contributed by atoms with Crippen LogP contribution in [0, 0.1) is 0 Å². The molecule has 4 nitrogen and oxygen atoms in total. The van der Waals surface area contributed by atoms with E-state index in [1.807, 2.05) is 0 Å². The van der Waals surface area contributed by atoms with E-state index in [-0.39, 0.29) is 5.91 Å². The second-order valence-corrected chi connectivity index (χ2v) is 6.60. The van der Waals surface area contributed by atoms with Crippen LogP contribution in [-0.2, 0) is 24.1 Å². The highest BCUT2D eigenvalue weighted by atomic mass is 16.5. The quantitative estimate of drug-likeness (QED) is 0.933. The molecule has 2 heterocycles. The zero-order valence-corrected chi connectivity index (χ0v) is 13.0. The number of nitrogens with one attached hydrogen (secondary N) is 1. The average molecular weight is 301 g/mol. The molecule has 1 amide bonds. The number of ether oxygens (including phenoxy) is 2. The molecular formula is C18H23NO3. The fourth-order valence-corrected chi connectivity index (χ4v) is 3.96. The van der Waals surface area contributed by atoms with E-state index in [2.05, 4.69) is 11.4 Å². The minimum absolute atomic E-state index is 0.130. The third kappa shape index (κ3) is 2.55. The van der Waals surface area contributed by atoms with Crippen molar-refractivity contribution in [2.75, 3.05) is 13.2 Å². The predicted octanol–water partition coefficient (Wildman–Crippen LogP) is 2.55. The Balaban J connectivity index is 1.53. The predicted molar refractivity (Wildman–Crippen MR) is 83.6 cm³/mol. The van der Waals surface area contributed by atoms with Crippen LogP contribution in [0.4, 0.5) is 0 Å². The van der Waals surface area contributed by atoms with Gasteiger partial charge in [0.15, 0.2) is 0 Å². The maximum Gasteiger partial charge on any atom is 0.224 e. The third-order valence-corrected chi connectivity index (χ3v) is 5.07. The Morgan fingerprint density at radius 3 is 2.82 bits per heavy atom. The van der Waals surface area contributed by atoms with Gasteiger partial charge in [-0.25, -0.2) is 0 Å². The minimum Gasteiger partial charge on any atom is -0.493 e. The average Bonchev–Trinajstić information content (AvgIpc) is 3.16. The summed E-state index contributed by atoms with van der Waals surface area (Å²) in [6.07, 6.45) is 8.24. The van der Waals surface area contributed by atoms with Crippen molar-refractivity contribution in [2.45, 2.75) is 57.4 Å². The van der Waals surface area contributed by atoms with E-state index < -0.39 is 0 Å². The largest absolute Gasteiger partial charge is 0.493 e. The fraction of sp³-hybridized carbons (Fsp3) is 0.611. The van der Waals surface area contributed by atoms with Crippen molar-refractivity contribution in [2.24, 2.45) is 0 Å². The summed E-state index contributed by atoms with van der Waals surface area (Å²) in [5.74, 6) is 2.04. The Labute approximate surface area is 131 Å². The van der Waals surface area contributed by atoms with Gasteiger partial charge >= 0.3 is 0 Å². The van der Waals surface area contributed by atoms with Crippen LogP contribution in [-0.4, -0.2) is 25.2 Å². The number of hydrogen-bond acceptors (Lipinski definition) is 3. The lowest BCUT2D eigenvalue weighted by atomic mass is 9.94. The van der Waals surface area contributed by atoms with Crippen molar-refractivity contribution in [3.63, 3.8) is 0 Å². The lowest BCUT2D eigenvalue weighted by molar-refractivity contribution is -0.121. The molecule has 1 saturated carbocycles. The highest BCUT2D eigenvalue weighted by Crippen LogP contribution is 2.40. The van der Waals surface area contributed by atoms with Gasteiger partial charge in [0.2, 0.25) is 5.91 Å². The minimum atomic E-state index is 0.130. The van der Waals surface area contributed by atoms with Crippen molar-refractivity contribution < 1.29 is 14.3 Å². The molecule has 0 bridgehead atoms. The standard InChI is InChI=1S/C18H23NO3/c20-17(19-13-4-2-1-3-5-13)11-15-14-7-9-21-16(14)10-12-6-8-22-18(12)15/h10,13H,1-9,11H2,(H,19,20). The molecule has 1 aromatic carbocycles. The van der Waals surface area contributed by atoms with Gasteiger partial charge in [0.1, 0.15) is 11.5 Å². The lowest BCUT2D eigenvalue weighted by Crippen LogP contribution is -2.37. The molecular weight excluding hydrogens is 278 g/mol. The highest BCUT2D eigenvalue weighted by Gasteiger charge is 2.28. The van der Waals surface area contributed by atoms with Crippen molar-refractivity contribution in [1.82, 2.24) is 5.32 Å². The first kappa shape index (κ1) is 13.9. The molecule has 0 saturated heterocycles. The summed E-state index contributed by atoms with van der Waals surface area (Å²) in [6.45, 7) is 1.44. The Bertz CT molecular complexity index is 558. The zero-order chi connectivity index (χ0) is 14.9. The van der Waals surface area contributed by atoms with Crippen LogP contribution in [0.15, 0.2) is 6.07 Å². The first-order valence-electron chi connectivity index (χ1n) is 8.54. The van der Waals surface area contributed by atoms with Crippen LogP contribution in [0.25, 0.3) is 0 Å². The molecule has 2 aliphatic heterocycles. The third-order valence-electron chi connectivity index (χ3n) is 5.07. The Morgan fingerprint density at radius 2 is 1.95 bits per heavy atom. The fourth-order valence-electron chi connectivity index (χ4n) is 3.96. The van der Waals surface area contributed by atoms with Gasteiger partial charge in [0, 0.05) is 35.6 Å². The van der Waals surface area contributed by atoms with Crippen LogP contribution >= 0.6 is 0 Å². The molecule has 0 spiro atoms. The first-order chi connectivity index (χ1) is 10.8. The zero-order valence-electron chi connectivity index (χ0n) is 13.0. The molecule has 4 rings (SSSR count). The van der Waals surface area contributed by atoms with Crippen molar-refractivity contribution >= 4 is 5.91 Å². The number of amides is 1. The van der Waals surface area contributed by atoms with Crippen molar-refractivity contribution in [3.05, 3.63) is 22.8 Å². The summed E-state index contributed by atoms with van der Waals surface area (Å²) in [4.78, 5) is 12.5. The summed E-state index contributed by atoms with van der Waals surface area (Å²) >= 11 is 0. The summed E-state index contributed by atoms with van der Waals surface area (Å²) in [5.41, 5.74) is 3.44. The molecule has 1 aliphatic carbocycles. The topological polar surface area (TPSA) is 47.6 Å². The van der Waals surface area contributed by atoms with Gasteiger partial charge in [-0.1, -0.05) is 19.3 Å². The maximum atomic E-state index is 12.5. The smallest absolute Gasteiger partial charge is 0.224 e. The van der Waals surface area contributed by atoms with Gasteiger partial charge in [-0.3, -0.25) is 4.79 Å². The highest BCUT2D eigenvalue weighted by molar-refractivity contribution is 5.81. The summed E-state index contributed by atoms with van der Waals surface area (Å²) in [7, 11) is 0. The van der Waals surface area contributed by atoms with E-state index in [9.17, 15) is 4.79 Å². The van der Waals surface area contributed by atoms with E-state index in [1.54, 1.807) is 0 Å². The van der Waals surface area contributed by atoms with Gasteiger partial charge < -0.3 is 14.8 Å². The number of benzene rings is 1. The van der Waals surface area contributed by atoms with Crippen molar-refractivity contribution in [1.29, 1.82) is 0 Å². The van der Waals surface area contributed by atoms with E-state index in [0.29, 0.717) is 12.5 Å². The molecule has 0 radical (unpaired) electrons. The normalized spacial score (nSPS) is 20.0. The summed E-state index contributed by atoms with van der Waals surface area (Å²) < 4.78 is 11.5. The molecule has 1 fully saturated rings. The molecule has 0 atom stereocenters. The van der Waals surface area contributed by atoms with E-state index >= 15 is 0 Å². The van der Waals surface area contributed by atoms with Gasteiger partial charge in [-0.05, 0) is 18.9 Å². The van der Waals surface area contributed by atoms with Gasteiger partial charge in [-0.2, -0.15) is 0 Å². The molecule has 22 heavy (non-hydrogen) atoms. The van der Waals surface area contributed by atoms with Gasteiger partial charge in [-0.15, -0.1) is 0 Å². The van der Waals surface area contributed by atoms with Crippen LogP contribution in [0.5, 0.6) is 11.5 Å². The second-order valence-electron chi connectivity index (χ2n) is 6.60. The SMILES string of the molecule is O=C(Cc1c2c(cc3c1OCC3)OCC2)NC1CCCCC1. The van der Waals surface area contributed by atoms with Crippen LogP contribution in [0.2, 0.25) is 0 Å². The Kier molecular flexibility index (Phi) is 3.68. The molecule has 0 unspecified atom stereocenters. The number of hydrogen-bond donors (Lipinski definition) is 1. The summed E-state index contributed by atoms with van der Waals surface area (Å²) in [5, 5.41) is 3.21. The number of fused-ring (bicyclic) bond motifs is 2. The molecule has 3 aliphatic rings. The molecule has 1 aromatic rings. The maximum absolute atomic E-state index is 12.5. The molecule has 0 aromatic heterocycles. The monoisotopic (exact) mass is 301 g/mol. The Morgan fingerprint density at radius 1 is 1.14 bits per heavy atom. The van der Waals surface area contributed by atoms with Gasteiger partial charge in [0.25, 0.3) is 0 Å². The van der Waals surface area contributed by atoms with Crippen molar-refractivity contribution in [3.8, 4) is 11.5 Å². The van der Waals surface area contributed by atoms with Crippen LogP contribution in [0.3, 0.4) is 0 Å². The number of carbonyl (C=O) groups is 1.